The van der Waals surface area contributed by atoms with Gasteiger partial charge in [0.05, 0.1) is 10.8 Å². The molecule has 1 N–H and O–H groups in total. The fraction of sp³-hybridized carbons (Fsp3) is 0.316. The molecule has 4 rings (SSSR count). The van der Waals surface area contributed by atoms with Crippen molar-refractivity contribution in [3.63, 3.8) is 0 Å². The molecular formula is C19H18O4. The number of hydrogen-bond acceptors (Lipinski definition) is 4. The molecule has 0 radical (unpaired) electrons. The largest absolute Gasteiger partial charge is 0.502 e. The van der Waals surface area contributed by atoms with Crippen LogP contribution in [-0.4, -0.2) is 10.7 Å². The van der Waals surface area contributed by atoms with Crippen molar-refractivity contribution in [2.45, 2.75) is 39.2 Å². The molecule has 4 heteroatoms. The molecule has 0 bridgehead atoms. The van der Waals surface area contributed by atoms with Gasteiger partial charge >= 0.3 is 0 Å². The van der Waals surface area contributed by atoms with Crippen molar-refractivity contribution in [3.8, 4) is 11.5 Å². The van der Waals surface area contributed by atoms with Crippen molar-refractivity contribution < 1.29 is 14.3 Å². The van der Waals surface area contributed by atoms with Crippen LogP contribution in [0.5, 0.6) is 11.5 Å². The third-order valence-corrected chi connectivity index (χ3v) is 4.50. The molecule has 0 aliphatic carbocycles. The van der Waals surface area contributed by atoms with Crippen LogP contribution in [0.2, 0.25) is 0 Å². The Bertz CT molecular complexity index is 1010. The Labute approximate surface area is 133 Å². The molecule has 0 saturated carbocycles. The quantitative estimate of drug-likeness (QED) is 0.636. The summed E-state index contributed by atoms with van der Waals surface area (Å²) in [5.74, 6) is 0.355. The number of ether oxygens (including phenoxy) is 1. The summed E-state index contributed by atoms with van der Waals surface area (Å²) >= 11 is 0. The molecular weight excluding hydrogens is 292 g/mol. The van der Waals surface area contributed by atoms with Crippen molar-refractivity contribution in [3.05, 3.63) is 45.6 Å². The number of hydrogen-bond donors (Lipinski definition) is 1. The second-order valence-corrected chi connectivity index (χ2v) is 6.88. The number of aryl methyl sites for hydroxylation is 2. The van der Waals surface area contributed by atoms with Crippen LogP contribution in [0.15, 0.2) is 33.5 Å². The molecule has 0 fully saturated rings. The van der Waals surface area contributed by atoms with Gasteiger partial charge in [-0.15, -0.1) is 0 Å². The number of rotatable bonds is 0. The molecule has 0 amide bonds. The minimum Gasteiger partial charge on any atom is -0.502 e. The van der Waals surface area contributed by atoms with Crippen molar-refractivity contribution >= 4 is 21.9 Å². The molecule has 0 unspecified atom stereocenters. The first-order valence-corrected chi connectivity index (χ1v) is 7.77. The molecule has 2 heterocycles. The van der Waals surface area contributed by atoms with E-state index in [4.69, 9.17) is 9.15 Å². The highest BCUT2D eigenvalue weighted by Gasteiger charge is 2.30. The van der Waals surface area contributed by atoms with Crippen LogP contribution in [0.3, 0.4) is 0 Å². The van der Waals surface area contributed by atoms with Crippen molar-refractivity contribution in [2.24, 2.45) is 0 Å². The van der Waals surface area contributed by atoms with Gasteiger partial charge in [0.2, 0.25) is 11.2 Å². The molecule has 23 heavy (non-hydrogen) atoms. The highest BCUT2D eigenvalue weighted by molar-refractivity contribution is 5.94. The first-order chi connectivity index (χ1) is 10.9. The van der Waals surface area contributed by atoms with Gasteiger partial charge in [-0.2, -0.15) is 0 Å². The summed E-state index contributed by atoms with van der Waals surface area (Å²) in [4.78, 5) is 12.8. The Hall–Kier alpha value is -2.49. The van der Waals surface area contributed by atoms with E-state index in [-0.39, 0.29) is 22.4 Å². The number of phenolic OH excluding ortho intramolecular Hbond substituents is 1. The molecule has 1 aliphatic rings. The Morgan fingerprint density at radius 1 is 1.17 bits per heavy atom. The van der Waals surface area contributed by atoms with E-state index in [0.29, 0.717) is 22.1 Å². The average Bonchev–Trinajstić information content (AvgIpc) is 2.50. The van der Waals surface area contributed by atoms with Crippen LogP contribution in [0.25, 0.3) is 21.9 Å². The van der Waals surface area contributed by atoms with Gasteiger partial charge in [-0.3, -0.25) is 4.79 Å². The molecule has 0 spiro atoms. The van der Waals surface area contributed by atoms with Gasteiger partial charge in [-0.25, -0.2) is 0 Å². The molecule has 0 saturated heterocycles. The monoisotopic (exact) mass is 310 g/mol. The van der Waals surface area contributed by atoms with Crippen molar-refractivity contribution in [1.82, 2.24) is 0 Å². The zero-order valence-electron chi connectivity index (χ0n) is 13.4. The lowest BCUT2D eigenvalue weighted by atomic mass is 9.93. The van der Waals surface area contributed by atoms with Gasteiger partial charge in [-0.1, -0.05) is 11.6 Å². The van der Waals surface area contributed by atoms with Crippen LogP contribution in [-0.2, 0) is 6.42 Å². The zero-order chi connectivity index (χ0) is 16.4. The maximum absolute atomic E-state index is 12.8. The number of phenols is 1. The molecule has 1 aromatic heterocycles. The lowest BCUT2D eigenvalue weighted by molar-refractivity contribution is 0.0808. The molecule has 1 aliphatic heterocycles. The van der Waals surface area contributed by atoms with Gasteiger partial charge in [0, 0.05) is 0 Å². The lowest BCUT2D eigenvalue weighted by Gasteiger charge is -2.33. The van der Waals surface area contributed by atoms with E-state index in [1.165, 1.54) is 0 Å². The van der Waals surface area contributed by atoms with Crippen LogP contribution >= 0.6 is 0 Å². The summed E-state index contributed by atoms with van der Waals surface area (Å²) < 4.78 is 11.7. The third kappa shape index (κ3) is 2.09. The topological polar surface area (TPSA) is 59.7 Å². The smallest absolute Gasteiger partial charge is 0.202 e. The fourth-order valence-corrected chi connectivity index (χ4v) is 3.19. The number of fused-ring (bicyclic) bond motifs is 3. The van der Waals surface area contributed by atoms with Gasteiger partial charge in [0.15, 0.2) is 11.3 Å². The lowest BCUT2D eigenvalue weighted by Crippen LogP contribution is -2.32. The Morgan fingerprint density at radius 3 is 2.74 bits per heavy atom. The predicted molar refractivity (Wildman–Crippen MR) is 89.4 cm³/mol. The highest BCUT2D eigenvalue weighted by atomic mass is 16.5. The summed E-state index contributed by atoms with van der Waals surface area (Å²) in [6.45, 7) is 5.90. The van der Waals surface area contributed by atoms with Crippen molar-refractivity contribution in [2.75, 3.05) is 0 Å². The first-order valence-electron chi connectivity index (χ1n) is 7.77. The Morgan fingerprint density at radius 2 is 1.96 bits per heavy atom. The summed E-state index contributed by atoms with van der Waals surface area (Å²) in [6, 6.07) is 7.26. The third-order valence-electron chi connectivity index (χ3n) is 4.50. The van der Waals surface area contributed by atoms with Crippen LogP contribution < -0.4 is 10.2 Å². The van der Waals surface area contributed by atoms with E-state index in [0.717, 1.165) is 24.0 Å². The highest BCUT2D eigenvalue weighted by Crippen LogP contribution is 2.44. The van der Waals surface area contributed by atoms with Gasteiger partial charge < -0.3 is 14.3 Å². The van der Waals surface area contributed by atoms with Crippen LogP contribution in [0, 0.1) is 6.92 Å². The second kappa shape index (κ2) is 4.51. The molecule has 0 atom stereocenters. The summed E-state index contributed by atoms with van der Waals surface area (Å²) in [6.07, 6.45) is 1.60. The number of aromatic hydroxyl groups is 1. The SMILES string of the molecule is Cc1ccc2oc3c(O)c4c(cc3c(=O)c2c1)CCC(C)(C)O4. The summed E-state index contributed by atoms with van der Waals surface area (Å²) in [7, 11) is 0. The summed E-state index contributed by atoms with van der Waals surface area (Å²) in [5, 5.41) is 11.5. The van der Waals surface area contributed by atoms with Gasteiger partial charge in [0.1, 0.15) is 11.2 Å². The zero-order valence-corrected chi connectivity index (χ0v) is 13.4. The minimum atomic E-state index is -0.341. The van der Waals surface area contributed by atoms with Crippen LogP contribution in [0.4, 0.5) is 0 Å². The molecule has 118 valence electrons. The van der Waals surface area contributed by atoms with E-state index in [2.05, 4.69) is 0 Å². The summed E-state index contributed by atoms with van der Waals surface area (Å²) in [5.41, 5.74) is 2.06. The minimum absolute atomic E-state index is 0.0788. The maximum Gasteiger partial charge on any atom is 0.202 e. The van der Waals surface area contributed by atoms with E-state index >= 15 is 0 Å². The van der Waals surface area contributed by atoms with E-state index in [1.807, 2.05) is 32.9 Å². The molecule has 4 nitrogen and oxygen atoms in total. The van der Waals surface area contributed by atoms with E-state index in [1.54, 1.807) is 12.1 Å². The van der Waals surface area contributed by atoms with Crippen molar-refractivity contribution in [1.29, 1.82) is 0 Å². The van der Waals surface area contributed by atoms with E-state index in [9.17, 15) is 9.90 Å². The standard InChI is InChI=1S/C19H18O4/c1-10-4-5-14-12(8-10)15(20)13-9-11-6-7-19(2,3)23-17(11)16(21)18(13)22-14/h4-5,8-9,21H,6-7H2,1-3H3. The fourth-order valence-electron chi connectivity index (χ4n) is 3.19. The molecule has 2 aromatic carbocycles. The van der Waals surface area contributed by atoms with Gasteiger partial charge in [-0.05, 0) is 57.4 Å². The van der Waals surface area contributed by atoms with Crippen LogP contribution in [0.1, 0.15) is 31.4 Å². The Balaban J connectivity index is 2.11. The van der Waals surface area contributed by atoms with E-state index < -0.39 is 0 Å². The van der Waals surface area contributed by atoms with Gasteiger partial charge in [0.25, 0.3) is 0 Å². The Kier molecular flexibility index (Phi) is 2.77. The maximum atomic E-state index is 12.8. The molecule has 3 aromatic rings. The first kappa shape index (κ1) is 14.1. The second-order valence-electron chi connectivity index (χ2n) is 6.88. The predicted octanol–water partition coefficient (Wildman–Crippen LogP) is 4.06. The average molecular weight is 310 g/mol. The normalized spacial score (nSPS) is 16.3. The number of benzene rings is 2.